The first-order valence-corrected chi connectivity index (χ1v) is 10.8. The summed E-state index contributed by atoms with van der Waals surface area (Å²) >= 11 is 6.34. The van der Waals surface area contributed by atoms with Gasteiger partial charge in [0.15, 0.2) is 0 Å². The highest BCUT2D eigenvalue weighted by Crippen LogP contribution is 2.39. The Balaban J connectivity index is 2.01. The second-order valence-corrected chi connectivity index (χ2v) is 9.11. The van der Waals surface area contributed by atoms with E-state index in [0.29, 0.717) is 31.8 Å². The molecule has 27 heavy (non-hydrogen) atoms. The van der Waals surface area contributed by atoms with Crippen LogP contribution in [0, 0.1) is 0 Å². The standard InChI is InChI=1S/C18H23ClN2O5S/c1-3-4-7-20-16-14(17(22)18(20)23)9-13(10-15(16)19)27(24,25)21-8-5-6-12(21)11-26-2/h9-10,12H,3-8,11H2,1-2H3/t12-/m0/s1. The third kappa shape index (κ3) is 3.51. The topological polar surface area (TPSA) is 84.0 Å². The molecule has 1 saturated heterocycles. The number of ketones is 1. The molecule has 0 aromatic heterocycles. The van der Waals surface area contributed by atoms with Gasteiger partial charge in [0.2, 0.25) is 10.0 Å². The number of carbonyl (C=O) groups excluding carboxylic acids is 2. The number of sulfonamides is 1. The van der Waals surface area contributed by atoms with Crippen molar-refractivity contribution in [3.05, 3.63) is 22.7 Å². The van der Waals surface area contributed by atoms with E-state index in [1.165, 1.54) is 28.4 Å². The summed E-state index contributed by atoms with van der Waals surface area (Å²) in [6.07, 6.45) is 3.04. The van der Waals surface area contributed by atoms with Crippen LogP contribution in [-0.4, -0.2) is 57.3 Å². The summed E-state index contributed by atoms with van der Waals surface area (Å²) in [6, 6.07) is 2.37. The molecule has 0 aliphatic carbocycles. The molecule has 1 amide bonds. The number of halogens is 1. The third-order valence-corrected chi connectivity index (χ3v) is 7.23. The minimum atomic E-state index is -3.84. The minimum Gasteiger partial charge on any atom is -0.383 e. The molecule has 7 nitrogen and oxygen atoms in total. The van der Waals surface area contributed by atoms with Crippen molar-refractivity contribution < 1.29 is 22.7 Å². The Hall–Kier alpha value is -1.48. The first-order chi connectivity index (χ1) is 12.8. The summed E-state index contributed by atoms with van der Waals surface area (Å²) in [5, 5.41) is 0.101. The molecule has 0 unspecified atom stereocenters. The quantitative estimate of drug-likeness (QED) is 0.640. The van der Waals surface area contributed by atoms with E-state index in [2.05, 4.69) is 0 Å². The van der Waals surface area contributed by atoms with Crippen LogP contribution in [0.1, 0.15) is 43.0 Å². The van der Waals surface area contributed by atoms with Crippen molar-refractivity contribution in [2.45, 2.75) is 43.5 Å². The van der Waals surface area contributed by atoms with Gasteiger partial charge in [-0.15, -0.1) is 0 Å². The van der Waals surface area contributed by atoms with Gasteiger partial charge in [-0.3, -0.25) is 9.59 Å². The van der Waals surface area contributed by atoms with E-state index in [1.54, 1.807) is 0 Å². The molecule has 0 bridgehead atoms. The lowest BCUT2D eigenvalue weighted by atomic mass is 10.1. The SMILES string of the molecule is CCCCN1C(=O)C(=O)c2cc(S(=O)(=O)N3CCC[C@H]3COC)cc(Cl)c21. The number of fused-ring (bicyclic) bond motifs is 1. The van der Waals surface area contributed by atoms with Crippen LogP contribution >= 0.6 is 11.6 Å². The molecular formula is C18H23ClN2O5S. The molecule has 9 heteroatoms. The van der Waals surface area contributed by atoms with E-state index < -0.39 is 21.7 Å². The van der Waals surface area contributed by atoms with Crippen LogP contribution in [-0.2, 0) is 19.6 Å². The second-order valence-electron chi connectivity index (χ2n) is 6.81. The lowest BCUT2D eigenvalue weighted by Crippen LogP contribution is -2.38. The molecule has 0 N–H and O–H groups in total. The van der Waals surface area contributed by atoms with Gasteiger partial charge >= 0.3 is 0 Å². The average Bonchev–Trinajstić information content (AvgIpc) is 3.19. The van der Waals surface area contributed by atoms with E-state index in [1.807, 2.05) is 6.92 Å². The zero-order chi connectivity index (χ0) is 19.8. The van der Waals surface area contributed by atoms with Gasteiger partial charge in [0, 0.05) is 26.2 Å². The lowest BCUT2D eigenvalue weighted by Gasteiger charge is -2.24. The van der Waals surface area contributed by atoms with Crippen molar-refractivity contribution in [3.8, 4) is 0 Å². The van der Waals surface area contributed by atoms with Crippen LogP contribution in [0.15, 0.2) is 17.0 Å². The maximum Gasteiger partial charge on any atom is 0.299 e. The van der Waals surface area contributed by atoms with Gasteiger partial charge in [-0.1, -0.05) is 24.9 Å². The number of ether oxygens (including phenoxy) is 1. The predicted octanol–water partition coefficient (Wildman–Crippen LogP) is 2.47. The molecule has 148 valence electrons. The van der Waals surface area contributed by atoms with Crippen LogP contribution < -0.4 is 4.90 Å². The zero-order valence-corrected chi connectivity index (χ0v) is 17.0. The third-order valence-electron chi connectivity index (χ3n) is 5.01. The number of hydrogen-bond acceptors (Lipinski definition) is 5. The number of hydrogen-bond donors (Lipinski definition) is 0. The Morgan fingerprint density at radius 3 is 2.70 bits per heavy atom. The van der Waals surface area contributed by atoms with Crippen molar-refractivity contribution in [1.82, 2.24) is 4.31 Å². The normalized spacial score (nSPS) is 20.6. The van der Waals surface area contributed by atoms with Crippen LogP contribution in [0.25, 0.3) is 0 Å². The summed E-state index contributed by atoms with van der Waals surface area (Å²) in [7, 11) is -2.31. The molecule has 1 aromatic carbocycles. The van der Waals surface area contributed by atoms with Crippen LogP contribution in [0.5, 0.6) is 0 Å². The van der Waals surface area contributed by atoms with Crippen molar-refractivity contribution in [3.63, 3.8) is 0 Å². The van der Waals surface area contributed by atoms with Crippen molar-refractivity contribution in [1.29, 1.82) is 0 Å². The summed E-state index contributed by atoms with van der Waals surface area (Å²) < 4.78 is 32.8. The molecule has 0 spiro atoms. The highest BCUT2D eigenvalue weighted by Gasteiger charge is 2.41. The van der Waals surface area contributed by atoms with Gasteiger partial charge in [0.1, 0.15) is 0 Å². The Kier molecular flexibility index (Phi) is 5.90. The number of nitrogens with zero attached hydrogens (tertiary/aromatic N) is 2. The minimum absolute atomic E-state index is 0.0599. The highest BCUT2D eigenvalue weighted by molar-refractivity contribution is 7.89. The Morgan fingerprint density at radius 1 is 1.30 bits per heavy atom. The number of amides is 1. The van der Waals surface area contributed by atoms with Crippen molar-refractivity contribution in [2.75, 3.05) is 31.7 Å². The highest BCUT2D eigenvalue weighted by atomic mass is 35.5. The zero-order valence-electron chi connectivity index (χ0n) is 15.4. The van der Waals surface area contributed by atoms with Gasteiger partial charge in [-0.2, -0.15) is 4.31 Å². The van der Waals surface area contributed by atoms with Gasteiger partial charge in [-0.25, -0.2) is 8.42 Å². The maximum absolute atomic E-state index is 13.1. The van der Waals surface area contributed by atoms with Gasteiger partial charge in [0.25, 0.3) is 11.7 Å². The fraction of sp³-hybridized carbons (Fsp3) is 0.556. The smallest absolute Gasteiger partial charge is 0.299 e. The molecule has 1 aromatic rings. The first-order valence-electron chi connectivity index (χ1n) is 9.03. The molecule has 1 fully saturated rings. The van der Waals surface area contributed by atoms with Crippen LogP contribution in [0.2, 0.25) is 5.02 Å². The van der Waals surface area contributed by atoms with E-state index in [0.717, 1.165) is 19.3 Å². The Bertz CT molecular complexity index is 871. The van der Waals surface area contributed by atoms with E-state index in [-0.39, 0.29) is 21.5 Å². The van der Waals surface area contributed by atoms with E-state index in [9.17, 15) is 18.0 Å². The Morgan fingerprint density at radius 2 is 2.04 bits per heavy atom. The number of methoxy groups -OCH3 is 1. The van der Waals surface area contributed by atoms with Gasteiger partial charge in [-0.05, 0) is 31.4 Å². The number of carbonyl (C=O) groups is 2. The Labute approximate surface area is 164 Å². The molecule has 2 aliphatic rings. The summed E-state index contributed by atoms with van der Waals surface area (Å²) in [5.41, 5.74) is 0.374. The molecule has 0 radical (unpaired) electrons. The molecule has 0 saturated carbocycles. The predicted molar refractivity (Wildman–Crippen MR) is 102 cm³/mol. The van der Waals surface area contributed by atoms with Crippen LogP contribution in [0.4, 0.5) is 5.69 Å². The fourth-order valence-electron chi connectivity index (χ4n) is 3.66. The summed E-state index contributed by atoms with van der Waals surface area (Å²) in [5.74, 6) is -1.37. The van der Waals surface area contributed by atoms with Crippen LogP contribution in [0.3, 0.4) is 0 Å². The second kappa shape index (κ2) is 7.87. The molecule has 1 atom stereocenters. The fourth-order valence-corrected chi connectivity index (χ4v) is 5.78. The molecular weight excluding hydrogens is 392 g/mol. The average molecular weight is 415 g/mol. The van der Waals surface area contributed by atoms with Gasteiger partial charge < -0.3 is 9.64 Å². The number of rotatable bonds is 7. The molecule has 2 heterocycles. The number of Topliss-reactive ketones (excluding diaryl/α,β-unsaturated/α-hetero) is 1. The van der Waals surface area contributed by atoms with Gasteiger partial charge in [0.05, 0.1) is 27.8 Å². The summed E-state index contributed by atoms with van der Waals surface area (Å²) in [4.78, 5) is 26.0. The lowest BCUT2D eigenvalue weighted by molar-refractivity contribution is -0.114. The number of benzene rings is 1. The molecule has 3 rings (SSSR count). The molecule has 2 aliphatic heterocycles. The number of unbranched alkanes of at least 4 members (excludes halogenated alkanes) is 1. The first kappa shape index (κ1) is 20.3. The van der Waals surface area contributed by atoms with E-state index in [4.69, 9.17) is 16.3 Å². The van der Waals surface area contributed by atoms with E-state index >= 15 is 0 Å². The summed E-state index contributed by atoms with van der Waals surface area (Å²) in [6.45, 7) is 3.05. The largest absolute Gasteiger partial charge is 0.383 e. The van der Waals surface area contributed by atoms with Crippen molar-refractivity contribution in [2.24, 2.45) is 0 Å². The maximum atomic E-state index is 13.1. The monoisotopic (exact) mass is 414 g/mol. The van der Waals surface area contributed by atoms with Crippen molar-refractivity contribution >= 4 is 39.0 Å². The number of anilines is 1.